The fourth-order valence-corrected chi connectivity index (χ4v) is 1.86. The van der Waals surface area contributed by atoms with Crippen LogP contribution in [0, 0.1) is 22.0 Å². The van der Waals surface area contributed by atoms with Crippen LogP contribution in [0.25, 0.3) is 0 Å². The summed E-state index contributed by atoms with van der Waals surface area (Å²) in [5, 5.41) is 10.2. The van der Waals surface area contributed by atoms with Gasteiger partial charge in [0.25, 0.3) is 0 Å². The fraction of sp³-hybridized carbons (Fsp3) is 1.00. The molecule has 1 aliphatic carbocycles. The molecule has 1 aliphatic rings. The van der Waals surface area contributed by atoms with E-state index in [2.05, 4.69) is 6.92 Å². The molecule has 0 spiro atoms. The Hall–Kier alpha value is -0.600. The van der Waals surface area contributed by atoms with Gasteiger partial charge in [-0.1, -0.05) is 26.2 Å². The molecule has 0 bridgehead atoms. The molecule has 11 heavy (non-hydrogen) atoms. The molecular weight excluding hydrogens is 142 g/mol. The van der Waals surface area contributed by atoms with Gasteiger partial charge in [0.15, 0.2) is 0 Å². The summed E-state index contributed by atoms with van der Waals surface area (Å²) in [7, 11) is 0. The molecule has 0 N–H and O–H groups in total. The highest BCUT2D eigenvalue weighted by atomic mass is 16.6. The normalized spacial score (nSPS) is 31.7. The smallest absolute Gasteiger partial charge is 0.206 e. The number of nitro groups is 1. The molecule has 1 fully saturated rings. The molecule has 64 valence electrons. The average molecular weight is 157 g/mol. The van der Waals surface area contributed by atoms with Crippen molar-refractivity contribution in [2.45, 2.75) is 32.6 Å². The topological polar surface area (TPSA) is 43.1 Å². The summed E-state index contributed by atoms with van der Waals surface area (Å²) >= 11 is 0. The van der Waals surface area contributed by atoms with Gasteiger partial charge in [0.1, 0.15) is 0 Å². The van der Waals surface area contributed by atoms with Crippen LogP contribution < -0.4 is 0 Å². The van der Waals surface area contributed by atoms with Gasteiger partial charge in [-0.25, -0.2) is 0 Å². The molecule has 0 saturated heterocycles. The zero-order valence-corrected chi connectivity index (χ0v) is 6.95. The molecule has 0 aromatic heterocycles. The summed E-state index contributed by atoms with van der Waals surface area (Å²) in [6, 6.07) is 0. The van der Waals surface area contributed by atoms with Gasteiger partial charge in [-0.2, -0.15) is 0 Å². The third-order valence-corrected chi connectivity index (χ3v) is 2.67. The van der Waals surface area contributed by atoms with E-state index in [-0.39, 0.29) is 11.5 Å². The molecule has 0 amide bonds. The minimum absolute atomic E-state index is 0.174. The predicted molar refractivity (Wildman–Crippen MR) is 43.0 cm³/mol. The molecule has 1 rings (SSSR count). The third kappa shape index (κ3) is 2.48. The molecule has 2 atom stereocenters. The summed E-state index contributed by atoms with van der Waals surface area (Å²) in [4.78, 5) is 10.0. The molecule has 0 aromatic rings. The Balaban J connectivity index is 2.35. The Kier molecular flexibility index (Phi) is 2.85. The summed E-state index contributed by atoms with van der Waals surface area (Å²) in [5.41, 5.74) is 0. The zero-order chi connectivity index (χ0) is 8.27. The molecule has 0 aromatic carbocycles. The van der Waals surface area contributed by atoms with Gasteiger partial charge < -0.3 is 0 Å². The number of nitrogens with zero attached hydrogens (tertiary/aromatic N) is 1. The van der Waals surface area contributed by atoms with Gasteiger partial charge in [-0.3, -0.25) is 10.1 Å². The van der Waals surface area contributed by atoms with E-state index in [0.29, 0.717) is 11.8 Å². The fourth-order valence-electron chi connectivity index (χ4n) is 1.86. The first-order chi connectivity index (χ1) is 5.20. The molecular formula is C8H15NO2. The van der Waals surface area contributed by atoms with Crippen molar-refractivity contribution in [1.82, 2.24) is 0 Å². The molecule has 0 radical (unpaired) electrons. The maximum absolute atomic E-state index is 10.2. The van der Waals surface area contributed by atoms with Crippen molar-refractivity contribution in [2.75, 3.05) is 6.54 Å². The largest absolute Gasteiger partial charge is 0.265 e. The van der Waals surface area contributed by atoms with Crippen LogP contribution in [0.2, 0.25) is 0 Å². The van der Waals surface area contributed by atoms with Crippen LogP contribution >= 0.6 is 0 Å². The SMILES string of the molecule is CC1CCCCC1C[N+](=O)[O-]. The van der Waals surface area contributed by atoms with Crippen LogP contribution in [0.5, 0.6) is 0 Å². The van der Waals surface area contributed by atoms with Crippen molar-refractivity contribution in [3.8, 4) is 0 Å². The van der Waals surface area contributed by atoms with E-state index in [9.17, 15) is 10.1 Å². The Bertz CT molecular complexity index is 147. The second-order valence-electron chi connectivity index (χ2n) is 3.54. The predicted octanol–water partition coefficient (Wildman–Crippen LogP) is 2.09. The lowest BCUT2D eigenvalue weighted by atomic mass is 9.80. The maximum Gasteiger partial charge on any atom is 0.206 e. The molecule has 2 unspecified atom stereocenters. The van der Waals surface area contributed by atoms with Crippen LogP contribution in [0.4, 0.5) is 0 Å². The van der Waals surface area contributed by atoms with Crippen molar-refractivity contribution in [3.05, 3.63) is 10.1 Å². The Labute approximate surface area is 66.9 Å². The average Bonchev–Trinajstić information content (AvgIpc) is 1.93. The maximum atomic E-state index is 10.2. The minimum Gasteiger partial charge on any atom is -0.265 e. The standard InChI is InChI=1S/C8H15NO2/c1-7-4-2-3-5-8(7)6-9(10)11/h7-8H,2-6H2,1H3. The summed E-state index contributed by atoms with van der Waals surface area (Å²) in [6.45, 7) is 2.31. The molecule has 3 nitrogen and oxygen atoms in total. The van der Waals surface area contributed by atoms with E-state index in [0.717, 1.165) is 6.42 Å². The van der Waals surface area contributed by atoms with E-state index in [1.165, 1.54) is 19.3 Å². The quantitative estimate of drug-likeness (QED) is 0.455. The van der Waals surface area contributed by atoms with Crippen LogP contribution in [0.15, 0.2) is 0 Å². The second-order valence-corrected chi connectivity index (χ2v) is 3.54. The lowest BCUT2D eigenvalue weighted by molar-refractivity contribution is -0.490. The summed E-state index contributed by atoms with van der Waals surface area (Å²) < 4.78 is 0. The Morgan fingerprint density at radius 2 is 2.09 bits per heavy atom. The first-order valence-electron chi connectivity index (χ1n) is 4.32. The Morgan fingerprint density at radius 1 is 1.45 bits per heavy atom. The lowest BCUT2D eigenvalue weighted by Gasteiger charge is -2.25. The molecule has 1 saturated carbocycles. The van der Waals surface area contributed by atoms with Crippen LogP contribution in [0.1, 0.15) is 32.6 Å². The van der Waals surface area contributed by atoms with Crippen molar-refractivity contribution in [1.29, 1.82) is 0 Å². The summed E-state index contributed by atoms with van der Waals surface area (Å²) in [6.07, 6.45) is 4.68. The first-order valence-corrected chi connectivity index (χ1v) is 4.32. The van der Waals surface area contributed by atoms with Gasteiger partial charge in [0, 0.05) is 10.8 Å². The number of hydrogen-bond donors (Lipinski definition) is 0. The monoisotopic (exact) mass is 157 g/mol. The molecule has 0 heterocycles. The highest BCUT2D eigenvalue weighted by molar-refractivity contribution is 4.71. The van der Waals surface area contributed by atoms with Crippen LogP contribution in [-0.4, -0.2) is 11.5 Å². The molecule has 0 aliphatic heterocycles. The van der Waals surface area contributed by atoms with Crippen LogP contribution in [0.3, 0.4) is 0 Å². The first kappa shape index (κ1) is 8.50. The van der Waals surface area contributed by atoms with Gasteiger partial charge in [0.05, 0.1) is 0 Å². The number of rotatable bonds is 2. The summed E-state index contributed by atoms with van der Waals surface area (Å²) in [5.74, 6) is 0.910. The highest BCUT2D eigenvalue weighted by Crippen LogP contribution is 2.29. The lowest BCUT2D eigenvalue weighted by Crippen LogP contribution is -2.24. The molecule has 3 heteroatoms. The van der Waals surface area contributed by atoms with Crippen molar-refractivity contribution < 1.29 is 4.92 Å². The highest BCUT2D eigenvalue weighted by Gasteiger charge is 2.25. The third-order valence-electron chi connectivity index (χ3n) is 2.67. The van der Waals surface area contributed by atoms with E-state index in [1.54, 1.807) is 0 Å². The van der Waals surface area contributed by atoms with Crippen molar-refractivity contribution in [2.24, 2.45) is 11.8 Å². The Morgan fingerprint density at radius 3 is 2.64 bits per heavy atom. The van der Waals surface area contributed by atoms with Gasteiger partial charge in [-0.05, 0) is 12.3 Å². The second kappa shape index (κ2) is 3.69. The van der Waals surface area contributed by atoms with E-state index < -0.39 is 0 Å². The van der Waals surface area contributed by atoms with Gasteiger partial charge in [0.2, 0.25) is 6.54 Å². The van der Waals surface area contributed by atoms with E-state index >= 15 is 0 Å². The van der Waals surface area contributed by atoms with Gasteiger partial charge >= 0.3 is 0 Å². The zero-order valence-electron chi connectivity index (χ0n) is 6.95. The van der Waals surface area contributed by atoms with E-state index in [1.807, 2.05) is 0 Å². The van der Waals surface area contributed by atoms with Crippen molar-refractivity contribution in [3.63, 3.8) is 0 Å². The number of hydrogen-bond acceptors (Lipinski definition) is 2. The van der Waals surface area contributed by atoms with Crippen LogP contribution in [-0.2, 0) is 0 Å². The minimum atomic E-state index is -0.174. The van der Waals surface area contributed by atoms with E-state index in [4.69, 9.17) is 0 Å². The van der Waals surface area contributed by atoms with Crippen molar-refractivity contribution >= 4 is 0 Å². The van der Waals surface area contributed by atoms with Gasteiger partial charge in [-0.15, -0.1) is 0 Å².